The summed E-state index contributed by atoms with van der Waals surface area (Å²) in [5, 5.41) is 3.84. The quantitative estimate of drug-likeness (QED) is 0.856. The molecule has 0 amide bonds. The largest absolute Gasteiger partial charge is 0.303 e. The minimum Gasteiger partial charge on any atom is -0.303 e. The van der Waals surface area contributed by atoms with E-state index in [0.29, 0.717) is 10.6 Å². The van der Waals surface area contributed by atoms with Crippen LogP contribution in [-0.2, 0) is 0 Å². The fourth-order valence-corrected chi connectivity index (χ4v) is 1.80. The van der Waals surface area contributed by atoms with Crippen LogP contribution in [0.3, 0.4) is 0 Å². The molecule has 0 saturated heterocycles. The summed E-state index contributed by atoms with van der Waals surface area (Å²) in [4.78, 5) is 12.1. The minimum atomic E-state index is -0.210. The molecule has 1 aromatic carbocycles. The van der Waals surface area contributed by atoms with Gasteiger partial charge in [-0.1, -0.05) is 23.7 Å². The van der Waals surface area contributed by atoms with Gasteiger partial charge in [-0.15, -0.1) is 17.0 Å². The van der Waals surface area contributed by atoms with Crippen LogP contribution in [0.5, 0.6) is 0 Å². The lowest BCUT2D eigenvalue weighted by Crippen LogP contribution is -2.46. The molecule has 0 saturated carbocycles. The van der Waals surface area contributed by atoms with Crippen LogP contribution in [0.25, 0.3) is 0 Å². The number of hydrogen-bond donors (Lipinski definition) is 1. The standard InChI is InChI=1S/C13H18ClNO.BrH/c1-9(15-13(2,3)4)12(16)10-6-5-7-11(14)8-10;/h5-9,15H,1-4H3;1H. The zero-order valence-corrected chi connectivity index (χ0v) is 13.1. The maximum absolute atomic E-state index is 12.1. The van der Waals surface area contributed by atoms with Gasteiger partial charge in [0.05, 0.1) is 6.04 Å². The van der Waals surface area contributed by atoms with Crippen LogP contribution >= 0.6 is 28.6 Å². The Bertz CT molecular complexity index is 387. The first-order valence-corrected chi connectivity index (χ1v) is 5.75. The van der Waals surface area contributed by atoms with Crippen molar-refractivity contribution in [2.24, 2.45) is 0 Å². The first-order valence-electron chi connectivity index (χ1n) is 5.37. The minimum absolute atomic E-state index is 0. The number of ketones is 1. The second kappa shape index (κ2) is 6.53. The molecular weight excluding hydrogens is 302 g/mol. The Hall–Kier alpha value is -0.380. The van der Waals surface area contributed by atoms with Crippen molar-refractivity contribution in [3.8, 4) is 0 Å². The molecule has 1 aromatic rings. The van der Waals surface area contributed by atoms with E-state index in [-0.39, 0.29) is 34.3 Å². The highest BCUT2D eigenvalue weighted by Crippen LogP contribution is 2.13. The maximum atomic E-state index is 12.1. The highest BCUT2D eigenvalue weighted by molar-refractivity contribution is 8.93. The second-order valence-electron chi connectivity index (χ2n) is 4.99. The number of benzene rings is 1. The summed E-state index contributed by atoms with van der Waals surface area (Å²) in [7, 11) is 0. The fourth-order valence-electron chi connectivity index (χ4n) is 1.61. The normalized spacial score (nSPS) is 12.8. The van der Waals surface area contributed by atoms with Crippen molar-refractivity contribution in [2.45, 2.75) is 39.3 Å². The van der Waals surface area contributed by atoms with Gasteiger partial charge >= 0.3 is 0 Å². The van der Waals surface area contributed by atoms with E-state index in [1.165, 1.54) is 0 Å². The molecule has 0 fully saturated rings. The highest BCUT2D eigenvalue weighted by atomic mass is 79.9. The van der Waals surface area contributed by atoms with Gasteiger partial charge in [0.2, 0.25) is 0 Å². The topological polar surface area (TPSA) is 29.1 Å². The number of hydrogen-bond acceptors (Lipinski definition) is 2. The third-order valence-corrected chi connectivity index (χ3v) is 2.39. The lowest BCUT2D eigenvalue weighted by atomic mass is 10.0. The fraction of sp³-hybridized carbons (Fsp3) is 0.462. The number of carbonyl (C=O) groups excluding carboxylic acids is 1. The zero-order chi connectivity index (χ0) is 12.3. The van der Waals surface area contributed by atoms with E-state index in [9.17, 15) is 4.79 Å². The summed E-state index contributed by atoms with van der Waals surface area (Å²) in [5.41, 5.74) is 0.574. The van der Waals surface area contributed by atoms with Crippen LogP contribution in [0.1, 0.15) is 38.1 Å². The van der Waals surface area contributed by atoms with E-state index in [1.54, 1.807) is 24.3 Å². The molecule has 0 heterocycles. The van der Waals surface area contributed by atoms with Crippen molar-refractivity contribution in [2.75, 3.05) is 0 Å². The zero-order valence-electron chi connectivity index (χ0n) is 10.6. The van der Waals surface area contributed by atoms with E-state index in [4.69, 9.17) is 11.6 Å². The molecule has 1 N–H and O–H groups in total. The first-order chi connectivity index (χ1) is 7.29. The van der Waals surface area contributed by atoms with Crippen LogP contribution in [0.4, 0.5) is 0 Å². The van der Waals surface area contributed by atoms with Gasteiger partial charge in [-0.2, -0.15) is 0 Å². The van der Waals surface area contributed by atoms with Crippen LogP contribution in [-0.4, -0.2) is 17.4 Å². The van der Waals surface area contributed by atoms with Gasteiger partial charge in [-0.25, -0.2) is 0 Å². The smallest absolute Gasteiger partial charge is 0.179 e. The van der Waals surface area contributed by atoms with Crippen molar-refractivity contribution in [3.63, 3.8) is 0 Å². The van der Waals surface area contributed by atoms with Gasteiger partial charge in [-0.05, 0) is 39.8 Å². The molecule has 0 bridgehead atoms. The molecule has 0 radical (unpaired) electrons. The molecular formula is C13H19BrClNO. The summed E-state index contributed by atoms with van der Waals surface area (Å²) < 4.78 is 0. The molecule has 0 aliphatic rings. The van der Waals surface area contributed by atoms with Crippen molar-refractivity contribution < 1.29 is 4.79 Å². The number of halogens is 2. The SMILES string of the molecule is Br.CC(NC(C)(C)C)C(=O)c1cccc(Cl)c1. The monoisotopic (exact) mass is 319 g/mol. The lowest BCUT2D eigenvalue weighted by Gasteiger charge is -2.25. The molecule has 0 spiro atoms. The lowest BCUT2D eigenvalue weighted by molar-refractivity contribution is 0.0936. The predicted molar refractivity (Wildman–Crippen MR) is 78.5 cm³/mol. The van der Waals surface area contributed by atoms with Gasteiger partial charge < -0.3 is 5.32 Å². The molecule has 17 heavy (non-hydrogen) atoms. The number of nitrogens with one attached hydrogen (secondary N) is 1. The van der Waals surface area contributed by atoms with Crippen LogP contribution in [0, 0.1) is 0 Å². The van der Waals surface area contributed by atoms with E-state index in [1.807, 2.05) is 27.7 Å². The summed E-state index contributed by atoms with van der Waals surface area (Å²) in [5.74, 6) is 0.0671. The Morgan fingerprint density at radius 2 is 1.94 bits per heavy atom. The van der Waals surface area contributed by atoms with Crippen molar-refractivity contribution in [1.82, 2.24) is 5.32 Å². The number of Topliss-reactive ketones (excluding diaryl/α,β-unsaturated/α-hetero) is 1. The van der Waals surface area contributed by atoms with E-state index in [2.05, 4.69) is 5.32 Å². The Labute approximate surface area is 119 Å². The molecule has 4 heteroatoms. The number of carbonyl (C=O) groups is 1. The highest BCUT2D eigenvalue weighted by Gasteiger charge is 2.20. The van der Waals surface area contributed by atoms with Gasteiger partial charge in [0.25, 0.3) is 0 Å². The van der Waals surface area contributed by atoms with E-state index < -0.39 is 0 Å². The summed E-state index contributed by atoms with van der Waals surface area (Å²) in [6, 6.07) is 6.83. The third kappa shape index (κ3) is 5.66. The van der Waals surface area contributed by atoms with Gasteiger partial charge in [0.1, 0.15) is 0 Å². The molecule has 0 aromatic heterocycles. The molecule has 1 rings (SSSR count). The van der Waals surface area contributed by atoms with Gasteiger partial charge in [0.15, 0.2) is 5.78 Å². The number of rotatable bonds is 3. The summed E-state index contributed by atoms with van der Waals surface area (Å²) >= 11 is 5.85. The van der Waals surface area contributed by atoms with Crippen LogP contribution in [0.2, 0.25) is 5.02 Å². The average Bonchev–Trinajstić information content (AvgIpc) is 2.14. The molecule has 1 unspecified atom stereocenters. The Balaban J connectivity index is 0.00000256. The van der Waals surface area contributed by atoms with Crippen LogP contribution < -0.4 is 5.32 Å². The second-order valence-corrected chi connectivity index (χ2v) is 5.43. The van der Waals surface area contributed by atoms with Crippen LogP contribution in [0.15, 0.2) is 24.3 Å². The summed E-state index contributed by atoms with van der Waals surface area (Å²) in [6.07, 6.45) is 0. The predicted octanol–water partition coefficient (Wildman–Crippen LogP) is 3.88. The maximum Gasteiger partial charge on any atom is 0.179 e. The van der Waals surface area contributed by atoms with E-state index in [0.717, 1.165) is 0 Å². The molecule has 0 aliphatic carbocycles. The Morgan fingerprint density at radius 3 is 2.41 bits per heavy atom. The molecule has 0 aliphatic heterocycles. The average molecular weight is 321 g/mol. The van der Waals surface area contributed by atoms with Gasteiger partial charge in [0, 0.05) is 16.1 Å². The van der Waals surface area contributed by atoms with Crippen molar-refractivity contribution in [3.05, 3.63) is 34.9 Å². The first kappa shape index (κ1) is 16.6. The van der Waals surface area contributed by atoms with E-state index >= 15 is 0 Å². The van der Waals surface area contributed by atoms with Gasteiger partial charge in [-0.3, -0.25) is 4.79 Å². The third-order valence-electron chi connectivity index (χ3n) is 2.15. The molecule has 96 valence electrons. The summed E-state index contributed by atoms with van der Waals surface area (Å²) in [6.45, 7) is 7.98. The molecule has 1 atom stereocenters. The Morgan fingerprint density at radius 1 is 1.35 bits per heavy atom. The van der Waals surface area contributed by atoms with Crippen molar-refractivity contribution in [1.29, 1.82) is 0 Å². The van der Waals surface area contributed by atoms with Crippen molar-refractivity contribution >= 4 is 34.4 Å². The Kier molecular flexibility index (Phi) is 6.38. The molecule has 2 nitrogen and oxygen atoms in total.